The van der Waals surface area contributed by atoms with Crippen LogP contribution in [0, 0.1) is 0 Å². The van der Waals surface area contributed by atoms with Crippen LogP contribution in [0.5, 0.6) is 0 Å². The summed E-state index contributed by atoms with van der Waals surface area (Å²) in [6.45, 7) is 5.29. The van der Waals surface area contributed by atoms with Gasteiger partial charge in [-0.15, -0.1) is 0 Å². The van der Waals surface area contributed by atoms with Gasteiger partial charge in [0.2, 0.25) is 0 Å². The third-order valence-electron chi connectivity index (χ3n) is 3.90. The van der Waals surface area contributed by atoms with Crippen molar-refractivity contribution in [1.29, 1.82) is 0 Å². The molecule has 2 aliphatic heterocycles. The van der Waals surface area contributed by atoms with Crippen molar-refractivity contribution in [2.75, 3.05) is 26.2 Å². The number of hydrogen-bond acceptors (Lipinski definition) is 2. The average molecular weight is 210 g/mol. The maximum atomic E-state index is 3.65. The molecule has 0 radical (unpaired) electrons. The predicted molar refractivity (Wildman–Crippen MR) is 65.2 cm³/mol. The lowest BCUT2D eigenvalue weighted by molar-refractivity contribution is 0.254. The Morgan fingerprint density at radius 3 is 2.40 bits per heavy atom. The third-order valence-corrected chi connectivity index (χ3v) is 3.90. The minimum absolute atomic E-state index is 0.821. The Hall–Kier alpha value is -0.0800. The van der Waals surface area contributed by atoms with E-state index in [1.807, 2.05) is 0 Å². The zero-order valence-electron chi connectivity index (χ0n) is 10.0. The zero-order valence-corrected chi connectivity index (χ0v) is 10.0. The van der Waals surface area contributed by atoms with Crippen molar-refractivity contribution in [3.63, 3.8) is 0 Å². The molecule has 2 fully saturated rings. The first-order chi connectivity index (χ1) is 7.45. The molecule has 1 N–H and O–H groups in total. The van der Waals surface area contributed by atoms with Gasteiger partial charge in [0.05, 0.1) is 0 Å². The van der Waals surface area contributed by atoms with E-state index in [1.165, 1.54) is 77.5 Å². The lowest BCUT2D eigenvalue weighted by atomic mass is 10.0. The Balaban J connectivity index is 1.62. The standard InChI is InChI=1S/C13H26N2/c1-2-6-11-15(10-5-1)12-8-13-7-3-4-9-14-13/h13-14H,1-12H2. The minimum atomic E-state index is 0.821. The Morgan fingerprint density at radius 2 is 1.73 bits per heavy atom. The average Bonchev–Trinajstić information content (AvgIpc) is 2.56. The highest BCUT2D eigenvalue weighted by Gasteiger charge is 2.14. The molecule has 15 heavy (non-hydrogen) atoms. The van der Waals surface area contributed by atoms with Gasteiger partial charge in [-0.1, -0.05) is 19.3 Å². The highest BCUT2D eigenvalue weighted by molar-refractivity contribution is 4.74. The largest absolute Gasteiger partial charge is 0.314 e. The smallest absolute Gasteiger partial charge is 0.00792 e. The molecule has 0 aromatic carbocycles. The molecule has 2 rings (SSSR count). The van der Waals surface area contributed by atoms with Gasteiger partial charge < -0.3 is 10.2 Å². The van der Waals surface area contributed by atoms with Crippen LogP contribution in [0.25, 0.3) is 0 Å². The number of likely N-dealkylation sites (tertiary alicyclic amines) is 1. The van der Waals surface area contributed by atoms with Crippen LogP contribution >= 0.6 is 0 Å². The Bertz CT molecular complexity index is 156. The normalized spacial score (nSPS) is 30.0. The number of piperidine rings is 1. The first kappa shape index (κ1) is 11.4. The van der Waals surface area contributed by atoms with Gasteiger partial charge in [0.25, 0.3) is 0 Å². The summed E-state index contributed by atoms with van der Waals surface area (Å²) in [5, 5.41) is 3.65. The topological polar surface area (TPSA) is 15.3 Å². The van der Waals surface area contributed by atoms with Crippen molar-refractivity contribution >= 4 is 0 Å². The summed E-state index contributed by atoms with van der Waals surface area (Å²) in [4.78, 5) is 2.68. The summed E-state index contributed by atoms with van der Waals surface area (Å²) >= 11 is 0. The van der Waals surface area contributed by atoms with E-state index in [2.05, 4.69) is 10.2 Å². The van der Waals surface area contributed by atoms with E-state index >= 15 is 0 Å². The molecule has 88 valence electrons. The van der Waals surface area contributed by atoms with Gasteiger partial charge in [-0.25, -0.2) is 0 Å². The van der Waals surface area contributed by atoms with E-state index in [0.29, 0.717) is 0 Å². The van der Waals surface area contributed by atoms with E-state index in [1.54, 1.807) is 0 Å². The summed E-state index contributed by atoms with van der Waals surface area (Å²) in [5.74, 6) is 0. The number of rotatable bonds is 3. The van der Waals surface area contributed by atoms with Crippen LogP contribution in [0.1, 0.15) is 51.4 Å². The van der Waals surface area contributed by atoms with E-state index in [-0.39, 0.29) is 0 Å². The van der Waals surface area contributed by atoms with Crippen molar-refractivity contribution in [1.82, 2.24) is 10.2 Å². The first-order valence-electron chi connectivity index (χ1n) is 6.91. The van der Waals surface area contributed by atoms with Crippen molar-refractivity contribution in [2.45, 2.75) is 57.4 Å². The molecule has 2 aliphatic rings. The summed E-state index contributed by atoms with van der Waals surface area (Å²) in [5.41, 5.74) is 0. The molecule has 2 heterocycles. The highest BCUT2D eigenvalue weighted by atomic mass is 15.1. The molecule has 0 saturated carbocycles. The lowest BCUT2D eigenvalue weighted by Gasteiger charge is -2.27. The molecule has 0 aromatic rings. The Kier molecular flexibility index (Phi) is 4.94. The molecule has 2 nitrogen and oxygen atoms in total. The zero-order chi connectivity index (χ0) is 10.3. The van der Waals surface area contributed by atoms with Gasteiger partial charge in [0.15, 0.2) is 0 Å². The molecular weight excluding hydrogens is 184 g/mol. The number of hydrogen-bond donors (Lipinski definition) is 1. The van der Waals surface area contributed by atoms with Crippen LogP contribution in [-0.4, -0.2) is 37.1 Å². The Labute approximate surface area is 94.4 Å². The van der Waals surface area contributed by atoms with Crippen molar-refractivity contribution < 1.29 is 0 Å². The molecule has 0 spiro atoms. The molecule has 1 atom stereocenters. The summed E-state index contributed by atoms with van der Waals surface area (Å²) in [6, 6.07) is 0.821. The molecule has 1 unspecified atom stereocenters. The SMILES string of the molecule is C1CCCN(CCC2CCCCN2)CC1. The van der Waals surface area contributed by atoms with Gasteiger partial charge in [-0.2, -0.15) is 0 Å². The monoisotopic (exact) mass is 210 g/mol. The van der Waals surface area contributed by atoms with E-state index in [0.717, 1.165) is 6.04 Å². The Morgan fingerprint density at radius 1 is 0.933 bits per heavy atom. The quantitative estimate of drug-likeness (QED) is 0.769. The molecule has 0 aromatic heterocycles. The van der Waals surface area contributed by atoms with Crippen LogP contribution in [0.3, 0.4) is 0 Å². The van der Waals surface area contributed by atoms with Crippen LogP contribution < -0.4 is 5.32 Å². The number of nitrogens with one attached hydrogen (secondary N) is 1. The fraction of sp³-hybridized carbons (Fsp3) is 1.00. The fourth-order valence-electron chi connectivity index (χ4n) is 2.87. The maximum absolute atomic E-state index is 3.65. The second-order valence-corrected chi connectivity index (χ2v) is 5.19. The van der Waals surface area contributed by atoms with Crippen molar-refractivity contribution in [3.05, 3.63) is 0 Å². The summed E-state index contributed by atoms with van der Waals surface area (Å²) in [7, 11) is 0. The van der Waals surface area contributed by atoms with E-state index < -0.39 is 0 Å². The second kappa shape index (κ2) is 6.49. The van der Waals surface area contributed by atoms with E-state index in [4.69, 9.17) is 0 Å². The summed E-state index contributed by atoms with van der Waals surface area (Å²) < 4.78 is 0. The van der Waals surface area contributed by atoms with Gasteiger partial charge >= 0.3 is 0 Å². The molecule has 0 bridgehead atoms. The summed E-state index contributed by atoms with van der Waals surface area (Å²) in [6.07, 6.45) is 11.4. The van der Waals surface area contributed by atoms with Gasteiger partial charge in [0.1, 0.15) is 0 Å². The van der Waals surface area contributed by atoms with Crippen LogP contribution in [0.4, 0.5) is 0 Å². The maximum Gasteiger partial charge on any atom is 0.00792 e. The fourth-order valence-corrected chi connectivity index (χ4v) is 2.87. The van der Waals surface area contributed by atoms with E-state index in [9.17, 15) is 0 Å². The minimum Gasteiger partial charge on any atom is -0.314 e. The van der Waals surface area contributed by atoms with Gasteiger partial charge in [-0.05, 0) is 58.3 Å². The highest BCUT2D eigenvalue weighted by Crippen LogP contribution is 2.13. The van der Waals surface area contributed by atoms with Gasteiger partial charge in [0, 0.05) is 6.04 Å². The predicted octanol–water partition coefficient (Wildman–Crippen LogP) is 2.39. The van der Waals surface area contributed by atoms with Crippen molar-refractivity contribution in [2.24, 2.45) is 0 Å². The molecular formula is C13H26N2. The second-order valence-electron chi connectivity index (χ2n) is 5.19. The molecule has 0 amide bonds. The van der Waals surface area contributed by atoms with Crippen LogP contribution in [0.2, 0.25) is 0 Å². The third kappa shape index (κ3) is 4.12. The molecule has 2 saturated heterocycles. The first-order valence-corrected chi connectivity index (χ1v) is 6.91. The van der Waals surface area contributed by atoms with Crippen LogP contribution in [-0.2, 0) is 0 Å². The van der Waals surface area contributed by atoms with Crippen LogP contribution in [0.15, 0.2) is 0 Å². The number of nitrogens with zero attached hydrogens (tertiary/aromatic N) is 1. The molecule has 2 heteroatoms. The van der Waals surface area contributed by atoms with Crippen molar-refractivity contribution in [3.8, 4) is 0 Å². The molecule has 0 aliphatic carbocycles. The lowest BCUT2D eigenvalue weighted by Crippen LogP contribution is -2.37. The van der Waals surface area contributed by atoms with Gasteiger partial charge in [-0.3, -0.25) is 0 Å².